The Morgan fingerprint density at radius 1 is 1.19 bits per heavy atom. The normalized spacial score (nSPS) is 16.1. The summed E-state index contributed by atoms with van der Waals surface area (Å²) >= 11 is 1.77. The topological polar surface area (TPSA) is 40.6 Å². The van der Waals surface area contributed by atoms with E-state index in [-0.39, 0.29) is 24.4 Å². The lowest BCUT2D eigenvalue weighted by molar-refractivity contribution is -0.141. The van der Waals surface area contributed by atoms with Gasteiger partial charge < -0.3 is 9.80 Å². The number of rotatable bonds is 6. The smallest absolute Gasteiger partial charge is 0.242 e. The molecule has 144 valence electrons. The molecular formula is C22H28N2O2S. The van der Waals surface area contributed by atoms with E-state index in [0.717, 1.165) is 18.4 Å². The number of hydrogen-bond acceptors (Lipinski definition) is 3. The highest BCUT2D eigenvalue weighted by atomic mass is 32.1. The quantitative estimate of drug-likeness (QED) is 0.750. The zero-order valence-corrected chi connectivity index (χ0v) is 17.2. The number of carbonyl (C=O) groups is 2. The molecule has 2 amide bonds. The Kier molecular flexibility index (Phi) is 6.32. The van der Waals surface area contributed by atoms with Crippen molar-refractivity contribution in [1.82, 2.24) is 9.80 Å². The molecule has 0 N–H and O–H groups in total. The molecule has 0 saturated carbocycles. The SMILES string of the molecule is CCCN(CC(=O)N1CCc2sccc2[C@H]1c1ccc(C)cc1)C(=O)CC. The van der Waals surface area contributed by atoms with Crippen LogP contribution in [0, 0.1) is 6.92 Å². The van der Waals surface area contributed by atoms with Crippen molar-refractivity contribution in [3.8, 4) is 0 Å². The Labute approximate surface area is 165 Å². The van der Waals surface area contributed by atoms with Gasteiger partial charge in [0.25, 0.3) is 0 Å². The van der Waals surface area contributed by atoms with Gasteiger partial charge in [0, 0.05) is 24.4 Å². The zero-order chi connectivity index (χ0) is 19.4. The number of hydrogen-bond donors (Lipinski definition) is 0. The number of benzene rings is 1. The van der Waals surface area contributed by atoms with Crippen LogP contribution in [-0.4, -0.2) is 41.2 Å². The van der Waals surface area contributed by atoms with Crippen molar-refractivity contribution >= 4 is 23.2 Å². The first-order valence-corrected chi connectivity index (χ1v) is 10.6. The summed E-state index contributed by atoms with van der Waals surface area (Å²) in [7, 11) is 0. The number of nitrogens with zero attached hydrogens (tertiary/aromatic N) is 2. The van der Waals surface area contributed by atoms with Gasteiger partial charge in [-0.05, 0) is 42.3 Å². The number of amides is 2. The van der Waals surface area contributed by atoms with Gasteiger partial charge >= 0.3 is 0 Å². The van der Waals surface area contributed by atoms with Crippen LogP contribution in [0.3, 0.4) is 0 Å². The Hall–Kier alpha value is -2.14. The summed E-state index contributed by atoms with van der Waals surface area (Å²) in [6, 6.07) is 10.5. The fraction of sp³-hybridized carbons (Fsp3) is 0.455. The Morgan fingerprint density at radius 3 is 2.59 bits per heavy atom. The number of aryl methyl sites for hydroxylation is 1. The minimum atomic E-state index is -0.0618. The molecule has 1 aliphatic rings. The van der Waals surface area contributed by atoms with Crippen LogP contribution in [0.25, 0.3) is 0 Å². The highest BCUT2D eigenvalue weighted by molar-refractivity contribution is 7.10. The number of thiophene rings is 1. The van der Waals surface area contributed by atoms with Crippen LogP contribution < -0.4 is 0 Å². The van der Waals surface area contributed by atoms with Gasteiger partial charge in [0.05, 0.1) is 12.6 Å². The van der Waals surface area contributed by atoms with Gasteiger partial charge in [0.2, 0.25) is 11.8 Å². The average Bonchev–Trinajstić information content (AvgIpc) is 3.15. The molecule has 2 heterocycles. The van der Waals surface area contributed by atoms with Gasteiger partial charge in [-0.2, -0.15) is 0 Å². The van der Waals surface area contributed by atoms with Crippen LogP contribution in [0.2, 0.25) is 0 Å². The molecule has 0 spiro atoms. The van der Waals surface area contributed by atoms with Crippen molar-refractivity contribution in [2.45, 2.75) is 46.1 Å². The lowest BCUT2D eigenvalue weighted by atomic mass is 9.92. The highest BCUT2D eigenvalue weighted by Crippen LogP contribution is 2.37. The van der Waals surface area contributed by atoms with Gasteiger partial charge in [0.1, 0.15) is 0 Å². The van der Waals surface area contributed by atoms with Gasteiger partial charge in [-0.25, -0.2) is 0 Å². The van der Waals surface area contributed by atoms with Crippen molar-refractivity contribution in [3.05, 3.63) is 57.3 Å². The molecule has 3 rings (SSSR count). The molecular weight excluding hydrogens is 356 g/mol. The standard InChI is InChI=1S/C22H28N2O2S/c1-4-12-23(20(25)5-2)15-21(26)24-13-10-19-18(11-14-27-19)22(24)17-8-6-16(3)7-9-17/h6-9,11,14,22H,4-5,10,12-13,15H2,1-3H3/t22-/m1/s1. The van der Waals surface area contributed by atoms with E-state index in [2.05, 4.69) is 42.6 Å². The van der Waals surface area contributed by atoms with E-state index in [4.69, 9.17) is 0 Å². The lowest BCUT2D eigenvalue weighted by Gasteiger charge is -2.37. The van der Waals surface area contributed by atoms with Crippen molar-refractivity contribution in [1.29, 1.82) is 0 Å². The van der Waals surface area contributed by atoms with Crippen LogP contribution in [0.5, 0.6) is 0 Å². The number of carbonyl (C=O) groups excluding carboxylic acids is 2. The molecule has 0 aliphatic carbocycles. The third-order valence-electron chi connectivity index (χ3n) is 5.15. The average molecular weight is 385 g/mol. The van der Waals surface area contributed by atoms with E-state index >= 15 is 0 Å². The largest absolute Gasteiger partial charge is 0.333 e. The molecule has 0 radical (unpaired) electrons. The second kappa shape index (κ2) is 8.70. The lowest BCUT2D eigenvalue weighted by Crippen LogP contribution is -2.46. The van der Waals surface area contributed by atoms with E-state index in [1.165, 1.54) is 16.0 Å². The molecule has 1 atom stereocenters. The minimum Gasteiger partial charge on any atom is -0.333 e. The van der Waals surface area contributed by atoms with E-state index in [9.17, 15) is 9.59 Å². The third kappa shape index (κ3) is 4.24. The molecule has 0 fully saturated rings. The first-order chi connectivity index (χ1) is 13.0. The molecule has 0 unspecified atom stereocenters. The maximum Gasteiger partial charge on any atom is 0.242 e. The van der Waals surface area contributed by atoms with Crippen LogP contribution in [0.15, 0.2) is 35.7 Å². The van der Waals surface area contributed by atoms with Crippen LogP contribution in [0.1, 0.15) is 54.3 Å². The van der Waals surface area contributed by atoms with Crippen molar-refractivity contribution in [2.24, 2.45) is 0 Å². The van der Waals surface area contributed by atoms with Gasteiger partial charge in [0.15, 0.2) is 0 Å². The fourth-order valence-electron chi connectivity index (χ4n) is 3.73. The summed E-state index contributed by atoms with van der Waals surface area (Å²) in [5.74, 6) is 0.0815. The predicted octanol–water partition coefficient (Wildman–Crippen LogP) is 4.18. The molecule has 4 nitrogen and oxygen atoms in total. The van der Waals surface area contributed by atoms with Gasteiger partial charge in [-0.3, -0.25) is 9.59 Å². The first-order valence-electron chi connectivity index (χ1n) is 9.75. The van der Waals surface area contributed by atoms with Gasteiger partial charge in [-0.15, -0.1) is 11.3 Å². The Balaban J connectivity index is 1.89. The zero-order valence-electron chi connectivity index (χ0n) is 16.4. The summed E-state index contributed by atoms with van der Waals surface area (Å²) in [6.45, 7) is 7.46. The minimum absolute atomic E-state index is 0.0349. The second-order valence-electron chi connectivity index (χ2n) is 7.12. The summed E-state index contributed by atoms with van der Waals surface area (Å²) in [5, 5.41) is 2.11. The van der Waals surface area contributed by atoms with Crippen LogP contribution in [-0.2, 0) is 16.0 Å². The maximum absolute atomic E-state index is 13.2. The summed E-state index contributed by atoms with van der Waals surface area (Å²) in [4.78, 5) is 30.5. The third-order valence-corrected chi connectivity index (χ3v) is 6.15. The molecule has 0 bridgehead atoms. The van der Waals surface area contributed by atoms with E-state index in [1.54, 1.807) is 16.2 Å². The highest BCUT2D eigenvalue weighted by Gasteiger charge is 2.33. The molecule has 5 heteroatoms. The van der Waals surface area contributed by atoms with Crippen molar-refractivity contribution in [2.75, 3.05) is 19.6 Å². The first kappa shape index (κ1) is 19.6. The Bertz CT molecular complexity index is 797. The predicted molar refractivity (Wildman–Crippen MR) is 110 cm³/mol. The molecule has 2 aromatic rings. The van der Waals surface area contributed by atoms with Crippen molar-refractivity contribution < 1.29 is 9.59 Å². The molecule has 27 heavy (non-hydrogen) atoms. The van der Waals surface area contributed by atoms with Crippen LogP contribution >= 0.6 is 11.3 Å². The van der Waals surface area contributed by atoms with E-state index in [1.807, 2.05) is 18.7 Å². The summed E-state index contributed by atoms with van der Waals surface area (Å²) < 4.78 is 0. The summed E-state index contributed by atoms with van der Waals surface area (Å²) in [5.41, 5.74) is 3.57. The molecule has 1 aromatic heterocycles. The summed E-state index contributed by atoms with van der Waals surface area (Å²) in [6.07, 6.45) is 2.18. The van der Waals surface area contributed by atoms with E-state index in [0.29, 0.717) is 19.5 Å². The molecule has 0 saturated heterocycles. The monoisotopic (exact) mass is 384 g/mol. The molecule has 1 aliphatic heterocycles. The maximum atomic E-state index is 13.2. The number of fused-ring (bicyclic) bond motifs is 1. The Morgan fingerprint density at radius 2 is 1.93 bits per heavy atom. The fourth-order valence-corrected chi connectivity index (χ4v) is 4.64. The van der Waals surface area contributed by atoms with Crippen molar-refractivity contribution in [3.63, 3.8) is 0 Å². The van der Waals surface area contributed by atoms with Gasteiger partial charge in [-0.1, -0.05) is 43.7 Å². The van der Waals surface area contributed by atoms with Crippen LogP contribution in [0.4, 0.5) is 0 Å². The second-order valence-corrected chi connectivity index (χ2v) is 8.12. The van der Waals surface area contributed by atoms with E-state index < -0.39 is 0 Å². The molecule has 1 aromatic carbocycles.